The average molecular weight is 270 g/mol. The Morgan fingerprint density at radius 3 is 2.74 bits per heavy atom. The second kappa shape index (κ2) is 6.79. The lowest BCUT2D eigenvalue weighted by Gasteiger charge is -2.17. The summed E-state index contributed by atoms with van der Waals surface area (Å²) in [6, 6.07) is 1.45. The number of urea groups is 1. The molecule has 19 heavy (non-hydrogen) atoms. The van der Waals surface area contributed by atoms with E-state index in [0.717, 1.165) is 11.3 Å². The quantitative estimate of drug-likeness (QED) is 0.701. The van der Waals surface area contributed by atoms with Crippen molar-refractivity contribution in [3.05, 3.63) is 23.7 Å². The highest BCUT2D eigenvalue weighted by Gasteiger charge is 2.15. The molecule has 0 spiro atoms. The molecular weight excluding hydrogens is 252 g/mol. The summed E-state index contributed by atoms with van der Waals surface area (Å²) in [5, 5.41) is 20.1. The first kappa shape index (κ1) is 15.0. The molecule has 0 unspecified atom stereocenters. The van der Waals surface area contributed by atoms with Crippen molar-refractivity contribution in [2.75, 3.05) is 13.6 Å². The molecule has 2 amide bonds. The van der Waals surface area contributed by atoms with Crippen LogP contribution in [0.2, 0.25) is 0 Å². The summed E-state index contributed by atoms with van der Waals surface area (Å²) in [5.41, 5.74) is 0.906. The third kappa shape index (κ3) is 4.63. The van der Waals surface area contributed by atoms with E-state index in [9.17, 15) is 9.59 Å². The van der Waals surface area contributed by atoms with Gasteiger partial charge in [0, 0.05) is 25.6 Å². The minimum absolute atomic E-state index is 0.0281. The van der Waals surface area contributed by atoms with Crippen LogP contribution in [0.25, 0.3) is 0 Å². The topological polar surface area (TPSA) is 103 Å². The van der Waals surface area contributed by atoms with Gasteiger partial charge in [0.05, 0.1) is 12.8 Å². The summed E-state index contributed by atoms with van der Waals surface area (Å²) in [6.45, 7) is 2.31. The van der Waals surface area contributed by atoms with E-state index in [-0.39, 0.29) is 19.0 Å². The van der Waals surface area contributed by atoms with Gasteiger partial charge in [0.15, 0.2) is 6.10 Å². The van der Waals surface area contributed by atoms with Crippen LogP contribution in [0.15, 0.2) is 16.7 Å². The highest BCUT2D eigenvalue weighted by Crippen LogP contribution is 2.10. The van der Waals surface area contributed by atoms with E-state index in [2.05, 4.69) is 5.32 Å². The average Bonchev–Trinajstić information content (AvgIpc) is 2.74. The van der Waals surface area contributed by atoms with E-state index < -0.39 is 12.1 Å². The van der Waals surface area contributed by atoms with Gasteiger partial charge in [0.2, 0.25) is 0 Å². The number of rotatable bonds is 6. The van der Waals surface area contributed by atoms with Crippen LogP contribution >= 0.6 is 0 Å². The fourth-order valence-corrected chi connectivity index (χ4v) is 1.48. The molecule has 0 radical (unpaired) electrons. The Morgan fingerprint density at radius 2 is 2.21 bits per heavy atom. The maximum absolute atomic E-state index is 11.7. The number of nitrogens with one attached hydrogen (secondary N) is 1. The summed E-state index contributed by atoms with van der Waals surface area (Å²) < 4.78 is 5.13. The number of carboxylic acid groups (broad SMARTS) is 1. The number of amides is 2. The molecule has 1 heterocycles. The van der Waals surface area contributed by atoms with Crippen LogP contribution in [0.5, 0.6) is 0 Å². The van der Waals surface area contributed by atoms with Gasteiger partial charge >= 0.3 is 12.0 Å². The molecule has 0 fully saturated rings. The molecule has 1 aromatic rings. The lowest BCUT2D eigenvalue weighted by molar-refractivity contribution is -0.146. The smallest absolute Gasteiger partial charge is 0.332 e. The highest BCUT2D eigenvalue weighted by atomic mass is 16.4. The molecule has 106 valence electrons. The van der Waals surface area contributed by atoms with Crippen molar-refractivity contribution in [2.45, 2.75) is 26.0 Å². The van der Waals surface area contributed by atoms with Gasteiger partial charge in [-0.15, -0.1) is 0 Å². The van der Waals surface area contributed by atoms with E-state index >= 15 is 0 Å². The van der Waals surface area contributed by atoms with Gasteiger partial charge < -0.3 is 24.8 Å². The number of carboxylic acids is 1. The zero-order chi connectivity index (χ0) is 14.4. The molecule has 3 N–H and O–H groups in total. The summed E-state index contributed by atoms with van der Waals surface area (Å²) in [5.74, 6) is -0.544. The fraction of sp³-hybridized carbons (Fsp3) is 0.500. The van der Waals surface area contributed by atoms with E-state index in [0.29, 0.717) is 6.54 Å². The SMILES string of the molecule is Cc1occc1CN(C)C(=O)NCC[C@H](O)C(=O)O. The van der Waals surface area contributed by atoms with Crippen LogP contribution in [-0.4, -0.2) is 46.8 Å². The Kier molecular flexibility index (Phi) is 5.37. The molecule has 0 aromatic carbocycles. The number of aliphatic carboxylic acids is 1. The van der Waals surface area contributed by atoms with Crippen molar-refractivity contribution in [1.29, 1.82) is 0 Å². The van der Waals surface area contributed by atoms with E-state index in [1.54, 1.807) is 19.4 Å². The standard InChI is InChI=1S/C12H18N2O5/c1-8-9(4-6-19-8)7-14(2)12(18)13-5-3-10(15)11(16)17/h4,6,10,15H,3,5,7H2,1-2H3,(H,13,18)(H,16,17)/t10-/m0/s1. The molecule has 7 heteroatoms. The Bertz CT molecular complexity index is 443. The molecule has 0 aliphatic rings. The predicted octanol–water partition coefficient (Wildman–Crippen LogP) is 0.565. The molecule has 7 nitrogen and oxygen atoms in total. The third-order valence-electron chi connectivity index (χ3n) is 2.70. The summed E-state index contributed by atoms with van der Waals surface area (Å²) in [6.07, 6.45) is 0.0703. The number of aryl methyl sites for hydroxylation is 1. The van der Waals surface area contributed by atoms with Gasteiger partial charge in [-0.05, 0) is 13.0 Å². The first-order valence-electron chi connectivity index (χ1n) is 5.84. The van der Waals surface area contributed by atoms with Gasteiger partial charge in [-0.3, -0.25) is 0 Å². The second-order valence-electron chi connectivity index (χ2n) is 4.23. The van der Waals surface area contributed by atoms with Crippen molar-refractivity contribution in [3.8, 4) is 0 Å². The number of nitrogens with zero attached hydrogens (tertiary/aromatic N) is 1. The van der Waals surface area contributed by atoms with Crippen LogP contribution in [0.3, 0.4) is 0 Å². The Morgan fingerprint density at radius 1 is 1.53 bits per heavy atom. The van der Waals surface area contributed by atoms with Crippen LogP contribution < -0.4 is 5.32 Å². The second-order valence-corrected chi connectivity index (χ2v) is 4.23. The molecule has 1 aromatic heterocycles. The fourth-order valence-electron chi connectivity index (χ4n) is 1.48. The molecule has 0 bridgehead atoms. The van der Waals surface area contributed by atoms with Gasteiger partial charge in [-0.25, -0.2) is 9.59 Å². The largest absolute Gasteiger partial charge is 0.479 e. The maximum atomic E-state index is 11.7. The van der Waals surface area contributed by atoms with E-state index in [1.807, 2.05) is 6.92 Å². The Labute approximate surface area is 110 Å². The first-order valence-corrected chi connectivity index (χ1v) is 5.84. The minimum Gasteiger partial charge on any atom is -0.479 e. The summed E-state index contributed by atoms with van der Waals surface area (Å²) in [4.78, 5) is 23.5. The van der Waals surface area contributed by atoms with Crippen LogP contribution in [0.4, 0.5) is 4.79 Å². The first-order chi connectivity index (χ1) is 8.91. The molecule has 1 atom stereocenters. The summed E-state index contributed by atoms with van der Waals surface area (Å²) >= 11 is 0. The number of furan rings is 1. The molecule has 0 aliphatic carbocycles. The zero-order valence-corrected chi connectivity index (χ0v) is 10.9. The Hall–Kier alpha value is -2.02. The molecule has 0 aliphatic heterocycles. The molecule has 1 rings (SSSR count). The molecular formula is C12H18N2O5. The van der Waals surface area contributed by atoms with Gasteiger partial charge in [-0.1, -0.05) is 0 Å². The number of aliphatic hydroxyl groups is 1. The molecule has 0 saturated heterocycles. The van der Waals surface area contributed by atoms with Crippen molar-refractivity contribution >= 4 is 12.0 Å². The lowest BCUT2D eigenvalue weighted by atomic mass is 10.2. The normalized spacial score (nSPS) is 11.9. The van der Waals surface area contributed by atoms with Gasteiger partial charge in [0.25, 0.3) is 0 Å². The van der Waals surface area contributed by atoms with Gasteiger partial charge in [-0.2, -0.15) is 0 Å². The van der Waals surface area contributed by atoms with Gasteiger partial charge in [0.1, 0.15) is 5.76 Å². The monoisotopic (exact) mass is 270 g/mol. The van der Waals surface area contributed by atoms with Crippen LogP contribution in [0, 0.1) is 6.92 Å². The highest BCUT2D eigenvalue weighted by molar-refractivity contribution is 5.74. The van der Waals surface area contributed by atoms with Crippen molar-refractivity contribution in [1.82, 2.24) is 10.2 Å². The zero-order valence-electron chi connectivity index (χ0n) is 10.9. The third-order valence-corrected chi connectivity index (χ3v) is 2.70. The van der Waals surface area contributed by atoms with Crippen LogP contribution in [0.1, 0.15) is 17.7 Å². The van der Waals surface area contributed by atoms with Crippen molar-refractivity contribution in [3.63, 3.8) is 0 Å². The Balaban J connectivity index is 2.33. The summed E-state index contributed by atoms with van der Waals surface area (Å²) in [7, 11) is 1.62. The van der Waals surface area contributed by atoms with E-state index in [1.165, 1.54) is 4.90 Å². The van der Waals surface area contributed by atoms with E-state index in [4.69, 9.17) is 14.6 Å². The predicted molar refractivity (Wildman–Crippen MR) is 66.6 cm³/mol. The number of hydrogen-bond acceptors (Lipinski definition) is 4. The van der Waals surface area contributed by atoms with Crippen LogP contribution in [-0.2, 0) is 11.3 Å². The number of carbonyl (C=O) groups excluding carboxylic acids is 1. The number of carbonyl (C=O) groups is 2. The molecule has 0 saturated carbocycles. The number of aliphatic hydroxyl groups excluding tert-OH is 1. The lowest BCUT2D eigenvalue weighted by Crippen LogP contribution is -2.38. The number of hydrogen-bond donors (Lipinski definition) is 3. The maximum Gasteiger partial charge on any atom is 0.332 e. The van der Waals surface area contributed by atoms with Crippen molar-refractivity contribution < 1.29 is 24.2 Å². The van der Waals surface area contributed by atoms with Crippen molar-refractivity contribution in [2.24, 2.45) is 0 Å². The minimum atomic E-state index is -1.46.